The standard InChI is InChI=1S/C25H37NSi/c1-18(2)27(19(3)4,20(5)6)17-22-16-25(21-12-8-7-9-13-21)26-24-15-11-10-14-23(22)24/h7-15,18-20,22,25-26H,16-17H2,1-6H3/t22?,25-/m0/s1. The Bertz CT molecular complexity index is 713. The van der Waals surface area contributed by atoms with Crippen LogP contribution in [0.5, 0.6) is 0 Å². The molecule has 0 amide bonds. The first-order valence-electron chi connectivity index (χ1n) is 10.8. The van der Waals surface area contributed by atoms with Gasteiger partial charge in [-0.15, -0.1) is 0 Å². The van der Waals surface area contributed by atoms with Crippen LogP contribution in [0.25, 0.3) is 0 Å². The molecule has 0 bridgehead atoms. The zero-order valence-electron chi connectivity index (χ0n) is 18.0. The van der Waals surface area contributed by atoms with Gasteiger partial charge in [-0.05, 0) is 35.6 Å². The Morgan fingerprint density at radius 2 is 1.37 bits per heavy atom. The molecule has 27 heavy (non-hydrogen) atoms. The quantitative estimate of drug-likeness (QED) is 0.501. The van der Waals surface area contributed by atoms with E-state index in [-0.39, 0.29) is 0 Å². The van der Waals surface area contributed by atoms with Gasteiger partial charge in [-0.1, -0.05) is 107 Å². The molecule has 1 nitrogen and oxygen atoms in total. The zero-order valence-corrected chi connectivity index (χ0v) is 19.0. The summed E-state index contributed by atoms with van der Waals surface area (Å²) in [6.45, 7) is 15.0. The predicted octanol–water partition coefficient (Wildman–Crippen LogP) is 8.01. The molecular formula is C25H37NSi. The van der Waals surface area contributed by atoms with Crippen LogP contribution in [-0.4, -0.2) is 8.07 Å². The minimum absolute atomic E-state index is 0.421. The normalized spacial score (nSPS) is 20.0. The first-order valence-corrected chi connectivity index (χ1v) is 13.2. The van der Waals surface area contributed by atoms with Crippen LogP contribution < -0.4 is 5.32 Å². The molecule has 1 unspecified atom stereocenters. The van der Waals surface area contributed by atoms with E-state index < -0.39 is 8.07 Å². The van der Waals surface area contributed by atoms with E-state index >= 15 is 0 Å². The van der Waals surface area contributed by atoms with Gasteiger partial charge in [0.05, 0.1) is 14.1 Å². The summed E-state index contributed by atoms with van der Waals surface area (Å²) in [6.07, 6.45) is 1.21. The van der Waals surface area contributed by atoms with Crippen LogP contribution in [0.15, 0.2) is 54.6 Å². The fourth-order valence-electron chi connectivity index (χ4n) is 5.87. The van der Waals surface area contributed by atoms with Crippen molar-refractivity contribution < 1.29 is 0 Å². The van der Waals surface area contributed by atoms with Crippen LogP contribution in [0.2, 0.25) is 22.7 Å². The second-order valence-corrected chi connectivity index (χ2v) is 15.5. The Kier molecular flexibility index (Phi) is 6.15. The maximum absolute atomic E-state index is 3.83. The molecule has 1 aliphatic rings. The molecule has 2 aromatic carbocycles. The topological polar surface area (TPSA) is 12.0 Å². The lowest BCUT2D eigenvalue weighted by atomic mass is 9.85. The lowest BCUT2D eigenvalue weighted by Gasteiger charge is -2.47. The van der Waals surface area contributed by atoms with Crippen LogP contribution in [0, 0.1) is 0 Å². The third-order valence-corrected chi connectivity index (χ3v) is 14.9. The van der Waals surface area contributed by atoms with E-state index in [0.29, 0.717) is 12.0 Å². The highest BCUT2D eigenvalue weighted by molar-refractivity contribution is 6.83. The predicted molar refractivity (Wildman–Crippen MR) is 122 cm³/mol. The molecule has 0 radical (unpaired) electrons. The van der Waals surface area contributed by atoms with Crippen molar-refractivity contribution in [3.8, 4) is 0 Å². The zero-order chi connectivity index (χ0) is 19.6. The van der Waals surface area contributed by atoms with E-state index in [2.05, 4.69) is 101 Å². The van der Waals surface area contributed by atoms with Crippen LogP contribution >= 0.6 is 0 Å². The van der Waals surface area contributed by atoms with Crippen molar-refractivity contribution in [1.29, 1.82) is 0 Å². The molecule has 0 saturated carbocycles. The fraction of sp³-hybridized carbons (Fsp3) is 0.520. The fourth-order valence-corrected chi connectivity index (χ4v) is 12.5. The van der Waals surface area contributed by atoms with Crippen LogP contribution in [0.1, 0.15) is 71.0 Å². The second-order valence-electron chi connectivity index (χ2n) is 9.41. The SMILES string of the molecule is CC(C)[Si](CC1C[C@@H](c2ccccc2)Nc2ccccc21)(C(C)C)C(C)C. The van der Waals surface area contributed by atoms with Crippen LogP contribution in [-0.2, 0) is 0 Å². The van der Waals surface area contributed by atoms with Gasteiger partial charge in [0, 0.05) is 5.69 Å². The number of rotatable bonds is 6. The average molecular weight is 380 g/mol. The molecule has 0 spiro atoms. The van der Waals surface area contributed by atoms with Gasteiger partial charge < -0.3 is 5.32 Å². The molecule has 0 fully saturated rings. The molecular weight excluding hydrogens is 342 g/mol. The van der Waals surface area contributed by atoms with Crippen molar-refractivity contribution in [1.82, 2.24) is 0 Å². The molecule has 0 saturated heterocycles. The molecule has 1 heterocycles. The van der Waals surface area contributed by atoms with Gasteiger partial charge in [0.25, 0.3) is 0 Å². The van der Waals surface area contributed by atoms with Gasteiger partial charge in [0.2, 0.25) is 0 Å². The molecule has 0 aromatic heterocycles. The molecule has 2 aromatic rings. The maximum atomic E-state index is 3.83. The smallest absolute Gasteiger partial charge is 0.0618 e. The summed E-state index contributed by atoms with van der Waals surface area (Å²) in [7, 11) is -1.44. The monoisotopic (exact) mass is 379 g/mol. The third-order valence-electron chi connectivity index (χ3n) is 7.28. The van der Waals surface area contributed by atoms with Crippen LogP contribution in [0.4, 0.5) is 5.69 Å². The Hall–Kier alpha value is -1.54. The lowest BCUT2D eigenvalue weighted by molar-refractivity contribution is 0.563. The van der Waals surface area contributed by atoms with Gasteiger partial charge in [0.15, 0.2) is 0 Å². The minimum atomic E-state index is -1.44. The van der Waals surface area contributed by atoms with E-state index in [4.69, 9.17) is 0 Å². The van der Waals surface area contributed by atoms with Crippen molar-refractivity contribution in [3.05, 3.63) is 65.7 Å². The number of fused-ring (bicyclic) bond motifs is 1. The molecule has 2 atom stereocenters. The first kappa shape index (κ1) is 20.2. The maximum Gasteiger partial charge on any atom is 0.0618 e. The highest BCUT2D eigenvalue weighted by Gasteiger charge is 2.45. The summed E-state index contributed by atoms with van der Waals surface area (Å²) in [5.74, 6) is 0.659. The van der Waals surface area contributed by atoms with Crippen LogP contribution in [0.3, 0.4) is 0 Å². The molecule has 2 heteroatoms. The highest BCUT2D eigenvalue weighted by atomic mass is 28.3. The van der Waals surface area contributed by atoms with Crippen molar-refractivity contribution in [2.45, 2.75) is 82.6 Å². The number of hydrogen-bond donors (Lipinski definition) is 1. The van der Waals surface area contributed by atoms with Gasteiger partial charge >= 0.3 is 0 Å². The van der Waals surface area contributed by atoms with Crippen molar-refractivity contribution >= 4 is 13.8 Å². The Morgan fingerprint density at radius 3 is 1.96 bits per heavy atom. The van der Waals surface area contributed by atoms with Gasteiger partial charge in [0.1, 0.15) is 0 Å². The molecule has 1 aliphatic heterocycles. The number of anilines is 1. The van der Waals surface area contributed by atoms with Crippen molar-refractivity contribution in [2.75, 3.05) is 5.32 Å². The van der Waals surface area contributed by atoms with Crippen molar-refractivity contribution in [3.63, 3.8) is 0 Å². The Morgan fingerprint density at radius 1 is 0.815 bits per heavy atom. The second kappa shape index (κ2) is 8.22. The van der Waals surface area contributed by atoms with E-state index in [1.807, 2.05) is 0 Å². The van der Waals surface area contributed by atoms with Gasteiger partial charge in [-0.2, -0.15) is 0 Å². The van der Waals surface area contributed by atoms with Crippen molar-refractivity contribution in [2.24, 2.45) is 0 Å². The highest BCUT2D eigenvalue weighted by Crippen LogP contribution is 2.52. The summed E-state index contributed by atoms with van der Waals surface area (Å²) in [5, 5.41) is 3.83. The summed E-state index contributed by atoms with van der Waals surface area (Å²) < 4.78 is 0. The van der Waals surface area contributed by atoms with E-state index in [9.17, 15) is 0 Å². The number of nitrogens with one attached hydrogen (secondary N) is 1. The summed E-state index contributed by atoms with van der Waals surface area (Å²) in [5.41, 5.74) is 6.76. The third kappa shape index (κ3) is 3.87. The van der Waals surface area contributed by atoms with E-state index in [1.54, 1.807) is 5.56 Å². The lowest BCUT2D eigenvalue weighted by Crippen LogP contribution is -2.46. The summed E-state index contributed by atoms with van der Waals surface area (Å²) in [4.78, 5) is 0. The molecule has 146 valence electrons. The van der Waals surface area contributed by atoms with E-state index in [1.165, 1.54) is 23.7 Å². The summed E-state index contributed by atoms with van der Waals surface area (Å²) in [6, 6.07) is 21.9. The Labute approximate surface area is 167 Å². The molecule has 3 rings (SSSR count). The summed E-state index contributed by atoms with van der Waals surface area (Å²) >= 11 is 0. The van der Waals surface area contributed by atoms with E-state index in [0.717, 1.165) is 16.6 Å². The Balaban J connectivity index is 1.99. The minimum Gasteiger partial charge on any atom is -0.378 e. The molecule has 0 aliphatic carbocycles. The number of para-hydroxylation sites is 1. The average Bonchev–Trinajstić information content (AvgIpc) is 2.65. The van der Waals surface area contributed by atoms with Gasteiger partial charge in [-0.25, -0.2) is 0 Å². The molecule has 1 N–H and O–H groups in total. The number of hydrogen-bond acceptors (Lipinski definition) is 1. The first-order chi connectivity index (χ1) is 12.9. The number of benzene rings is 2. The van der Waals surface area contributed by atoms with Gasteiger partial charge in [-0.3, -0.25) is 0 Å². The largest absolute Gasteiger partial charge is 0.378 e.